The molecule has 3 aromatic carbocycles. The van der Waals surface area contributed by atoms with E-state index >= 15 is 0 Å². The van der Waals surface area contributed by atoms with Gasteiger partial charge in [0.25, 0.3) is 0 Å². The minimum absolute atomic E-state index is 0.193. The Balaban J connectivity index is 1.43. The minimum atomic E-state index is -4.45. The molecule has 35 heavy (non-hydrogen) atoms. The van der Waals surface area contributed by atoms with Gasteiger partial charge < -0.3 is 15.1 Å². The van der Waals surface area contributed by atoms with Crippen LogP contribution >= 0.6 is 0 Å². The number of carbonyl (C=O) groups excluding carboxylic acids is 1. The van der Waals surface area contributed by atoms with Gasteiger partial charge in [0.05, 0.1) is 17.5 Å². The molecule has 0 aliphatic carbocycles. The van der Waals surface area contributed by atoms with E-state index in [9.17, 15) is 22.4 Å². The van der Waals surface area contributed by atoms with Crippen molar-refractivity contribution in [2.45, 2.75) is 25.2 Å². The van der Waals surface area contributed by atoms with Crippen molar-refractivity contribution in [3.05, 3.63) is 95.3 Å². The second-order valence-corrected chi connectivity index (χ2v) is 9.04. The Morgan fingerprint density at radius 2 is 1.71 bits per heavy atom. The van der Waals surface area contributed by atoms with Crippen molar-refractivity contribution in [2.75, 3.05) is 29.4 Å². The Hall–Kier alpha value is -3.55. The average Bonchev–Trinajstić information content (AvgIpc) is 2.87. The summed E-state index contributed by atoms with van der Waals surface area (Å²) in [5.41, 5.74) is 2.39. The highest BCUT2D eigenvalue weighted by atomic mass is 19.4. The first kappa shape index (κ1) is 23.2. The van der Waals surface area contributed by atoms with Gasteiger partial charge in [0.15, 0.2) is 0 Å². The molecule has 182 valence electrons. The quantitative estimate of drug-likeness (QED) is 0.529. The highest BCUT2D eigenvalue weighted by Crippen LogP contribution is 2.40. The zero-order valence-corrected chi connectivity index (χ0v) is 18.9. The Labute approximate surface area is 201 Å². The van der Waals surface area contributed by atoms with Crippen LogP contribution in [0.3, 0.4) is 0 Å². The van der Waals surface area contributed by atoms with Gasteiger partial charge in [0, 0.05) is 37.6 Å². The maximum Gasteiger partial charge on any atom is 0.416 e. The number of nitrogens with zero attached hydrogens (tertiary/aromatic N) is 2. The van der Waals surface area contributed by atoms with Crippen molar-refractivity contribution in [1.82, 2.24) is 5.32 Å². The molecule has 1 amide bonds. The topological polar surface area (TPSA) is 35.6 Å². The highest BCUT2D eigenvalue weighted by molar-refractivity contribution is 5.82. The molecule has 1 N–H and O–H groups in total. The minimum Gasteiger partial charge on any atom is -0.368 e. The SMILES string of the molecule is O=C(NCc1ccc(F)cc1)[C@@H]1Cc2cc(C(F)(F)F)ccc2N2CCN(c3ccccc3)C[C@@H]12. The number of halogens is 4. The second kappa shape index (κ2) is 9.24. The average molecular weight is 484 g/mol. The van der Waals surface area contributed by atoms with Crippen molar-refractivity contribution in [1.29, 1.82) is 0 Å². The van der Waals surface area contributed by atoms with Gasteiger partial charge in [-0.15, -0.1) is 0 Å². The molecule has 0 bridgehead atoms. The van der Waals surface area contributed by atoms with E-state index in [1.807, 2.05) is 30.3 Å². The molecule has 0 spiro atoms. The smallest absolute Gasteiger partial charge is 0.368 e. The van der Waals surface area contributed by atoms with Gasteiger partial charge >= 0.3 is 6.18 Å². The van der Waals surface area contributed by atoms with Gasteiger partial charge in [-0.05, 0) is 60.0 Å². The van der Waals surface area contributed by atoms with E-state index in [1.165, 1.54) is 24.3 Å². The van der Waals surface area contributed by atoms with Gasteiger partial charge in [-0.2, -0.15) is 13.2 Å². The molecule has 2 atom stereocenters. The number of amides is 1. The number of hydrogen-bond donors (Lipinski definition) is 1. The highest BCUT2D eigenvalue weighted by Gasteiger charge is 2.42. The van der Waals surface area contributed by atoms with Gasteiger partial charge in [0.1, 0.15) is 5.82 Å². The number of piperazine rings is 1. The lowest BCUT2D eigenvalue weighted by Crippen LogP contribution is -2.61. The first-order valence-electron chi connectivity index (χ1n) is 11.6. The van der Waals surface area contributed by atoms with Crippen molar-refractivity contribution in [3.8, 4) is 0 Å². The molecule has 0 unspecified atom stereocenters. The zero-order chi connectivity index (χ0) is 24.6. The van der Waals surface area contributed by atoms with Crippen LogP contribution in [-0.4, -0.2) is 31.6 Å². The van der Waals surface area contributed by atoms with Gasteiger partial charge in [-0.25, -0.2) is 4.39 Å². The molecule has 1 fully saturated rings. The van der Waals surface area contributed by atoms with E-state index in [0.29, 0.717) is 25.2 Å². The molecule has 1 saturated heterocycles. The van der Waals surface area contributed by atoms with Crippen LogP contribution in [-0.2, 0) is 23.9 Å². The number of alkyl halides is 3. The van der Waals surface area contributed by atoms with E-state index in [-0.39, 0.29) is 30.7 Å². The summed E-state index contributed by atoms with van der Waals surface area (Å²) in [4.78, 5) is 17.7. The fourth-order valence-corrected chi connectivity index (χ4v) is 5.10. The predicted molar refractivity (Wildman–Crippen MR) is 127 cm³/mol. The molecule has 8 heteroatoms. The Morgan fingerprint density at radius 3 is 2.43 bits per heavy atom. The fourth-order valence-electron chi connectivity index (χ4n) is 5.10. The van der Waals surface area contributed by atoms with Gasteiger partial charge in [-0.1, -0.05) is 30.3 Å². The third kappa shape index (κ3) is 4.83. The predicted octanol–water partition coefficient (Wildman–Crippen LogP) is 5.03. The summed E-state index contributed by atoms with van der Waals surface area (Å²) in [6.07, 6.45) is -4.23. The van der Waals surface area contributed by atoms with Crippen molar-refractivity contribution in [3.63, 3.8) is 0 Å². The Morgan fingerprint density at radius 1 is 0.971 bits per heavy atom. The van der Waals surface area contributed by atoms with Crippen molar-refractivity contribution >= 4 is 17.3 Å². The third-order valence-corrected chi connectivity index (χ3v) is 6.88. The standard InChI is InChI=1S/C27H25F4N3O/c28-21-9-6-18(7-10-21)16-32-26(35)23-15-19-14-20(27(29,30)31)8-11-24(19)34-13-12-33(17-25(23)34)22-4-2-1-3-5-22/h1-11,14,23,25H,12-13,15-17H2,(H,32,35)/t23-,25+/m1/s1. The molecule has 0 aromatic heterocycles. The molecule has 2 heterocycles. The monoisotopic (exact) mass is 483 g/mol. The molecule has 0 saturated carbocycles. The number of nitrogens with one attached hydrogen (secondary N) is 1. The summed E-state index contributed by atoms with van der Waals surface area (Å²) < 4.78 is 53.4. The lowest BCUT2D eigenvalue weighted by atomic mass is 9.82. The first-order valence-corrected chi connectivity index (χ1v) is 11.6. The van der Waals surface area contributed by atoms with Crippen LogP contribution in [0.4, 0.5) is 28.9 Å². The number of fused-ring (bicyclic) bond motifs is 3. The summed E-state index contributed by atoms with van der Waals surface area (Å²) in [5, 5.41) is 2.92. The van der Waals surface area contributed by atoms with E-state index in [2.05, 4.69) is 15.1 Å². The van der Waals surface area contributed by atoms with Gasteiger partial charge in [0.2, 0.25) is 5.91 Å². The number of rotatable bonds is 4. The fraction of sp³-hybridized carbons (Fsp3) is 0.296. The third-order valence-electron chi connectivity index (χ3n) is 6.88. The van der Waals surface area contributed by atoms with Crippen LogP contribution in [0.5, 0.6) is 0 Å². The summed E-state index contributed by atoms with van der Waals surface area (Å²) in [6, 6.07) is 19.4. The van der Waals surface area contributed by atoms with Crippen LogP contribution in [0.1, 0.15) is 16.7 Å². The Bertz CT molecular complexity index is 1200. The molecule has 2 aliphatic rings. The van der Waals surface area contributed by atoms with Crippen LogP contribution in [0, 0.1) is 11.7 Å². The summed E-state index contributed by atoms with van der Waals surface area (Å²) in [5.74, 6) is -1.11. The maximum atomic E-state index is 13.4. The Kier molecular flexibility index (Phi) is 6.13. The summed E-state index contributed by atoms with van der Waals surface area (Å²) in [6.45, 7) is 2.10. The van der Waals surface area contributed by atoms with E-state index in [1.54, 1.807) is 12.1 Å². The van der Waals surface area contributed by atoms with Crippen LogP contribution in [0.25, 0.3) is 0 Å². The second-order valence-electron chi connectivity index (χ2n) is 9.04. The van der Waals surface area contributed by atoms with Crippen molar-refractivity contribution < 1.29 is 22.4 Å². The molecular formula is C27H25F4N3O. The first-order chi connectivity index (χ1) is 16.8. The molecule has 2 aliphatic heterocycles. The van der Waals surface area contributed by atoms with E-state index < -0.39 is 17.7 Å². The molecule has 0 radical (unpaired) electrons. The molecule has 3 aromatic rings. The van der Waals surface area contributed by atoms with Crippen LogP contribution in [0.15, 0.2) is 72.8 Å². The molecule has 5 rings (SSSR count). The zero-order valence-electron chi connectivity index (χ0n) is 18.9. The van der Waals surface area contributed by atoms with Crippen LogP contribution < -0.4 is 15.1 Å². The maximum absolute atomic E-state index is 13.4. The van der Waals surface area contributed by atoms with Crippen molar-refractivity contribution in [2.24, 2.45) is 5.92 Å². The van der Waals surface area contributed by atoms with E-state index in [4.69, 9.17) is 0 Å². The van der Waals surface area contributed by atoms with Crippen LogP contribution in [0.2, 0.25) is 0 Å². The summed E-state index contributed by atoms with van der Waals surface area (Å²) in [7, 11) is 0. The number of anilines is 2. The molecular weight excluding hydrogens is 458 g/mol. The lowest BCUT2D eigenvalue weighted by Gasteiger charge is -2.49. The number of para-hydroxylation sites is 1. The number of benzene rings is 3. The normalized spacial score (nSPS) is 19.7. The number of carbonyl (C=O) groups is 1. The van der Waals surface area contributed by atoms with Gasteiger partial charge in [-0.3, -0.25) is 4.79 Å². The number of hydrogen-bond acceptors (Lipinski definition) is 3. The summed E-state index contributed by atoms with van der Waals surface area (Å²) >= 11 is 0. The lowest BCUT2D eigenvalue weighted by molar-refractivity contribution is -0.137. The molecule has 4 nitrogen and oxygen atoms in total. The largest absolute Gasteiger partial charge is 0.416 e. The van der Waals surface area contributed by atoms with E-state index in [0.717, 1.165) is 23.0 Å².